The molecule has 5 heteroatoms. The fourth-order valence-electron chi connectivity index (χ4n) is 2.72. The van der Waals surface area contributed by atoms with Gasteiger partial charge in [-0.1, -0.05) is 13.0 Å². The Balaban J connectivity index is 1.87. The summed E-state index contributed by atoms with van der Waals surface area (Å²) in [5.41, 5.74) is 1.41. The normalized spacial score (nSPS) is 19.6. The van der Waals surface area contributed by atoms with Gasteiger partial charge in [0.05, 0.1) is 17.3 Å². The maximum atomic E-state index is 12.6. The molecule has 1 aliphatic rings. The van der Waals surface area contributed by atoms with E-state index in [0.29, 0.717) is 25.1 Å². The van der Waals surface area contributed by atoms with Crippen molar-refractivity contribution < 1.29 is 9.59 Å². The first-order chi connectivity index (χ1) is 9.70. The van der Waals surface area contributed by atoms with Gasteiger partial charge < -0.3 is 4.90 Å². The molecule has 0 radical (unpaired) electrons. The maximum absolute atomic E-state index is 12.6. The van der Waals surface area contributed by atoms with Crippen molar-refractivity contribution in [3.05, 3.63) is 36.2 Å². The van der Waals surface area contributed by atoms with Crippen molar-refractivity contribution in [2.45, 2.75) is 19.8 Å². The van der Waals surface area contributed by atoms with Crippen molar-refractivity contribution in [2.75, 3.05) is 13.1 Å². The summed E-state index contributed by atoms with van der Waals surface area (Å²) in [6.45, 7) is 3.03. The van der Waals surface area contributed by atoms with Crippen LogP contribution in [0.5, 0.6) is 0 Å². The minimum absolute atomic E-state index is 0.0189. The van der Waals surface area contributed by atoms with Crippen molar-refractivity contribution >= 4 is 17.2 Å². The van der Waals surface area contributed by atoms with Crippen LogP contribution in [0.4, 0.5) is 0 Å². The molecule has 1 aliphatic heterocycles. The summed E-state index contributed by atoms with van der Waals surface area (Å²) >= 11 is 0. The molecule has 104 valence electrons. The first-order valence-electron chi connectivity index (χ1n) is 6.95. The molecule has 3 rings (SSSR count). The molecule has 0 aromatic carbocycles. The summed E-state index contributed by atoms with van der Waals surface area (Å²) in [6, 6.07) is 5.65. The van der Waals surface area contributed by atoms with E-state index in [1.807, 2.05) is 31.3 Å². The highest BCUT2D eigenvalue weighted by molar-refractivity contribution is 6.01. The van der Waals surface area contributed by atoms with E-state index in [2.05, 4.69) is 5.10 Å². The number of hydrogen-bond donors (Lipinski definition) is 0. The number of piperidine rings is 1. The highest BCUT2D eigenvalue weighted by Crippen LogP contribution is 2.20. The van der Waals surface area contributed by atoms with Crippen LogP contribution in [0.2, 0.25) is 0 Å². The first-order valence-corrected chi connectivity index (χ1v) is 6.95. The van der Waals surface area contributed by atoms with E-state index < -0.39 is 0 Å². The molecule has 1 amide bonds. The second-order valence-electron chi connectivity index (χ2n) is 5.16. The van der Waals surface area contributed by atoms with E-state index in [1.165, 1.54) is 0 Å². The lowest BCUT2D eigenvalue weighted by Gasteiger charge is -2.31. The van der Waals surface area contributed by atoms with Crippen LogP contribution in [0.15, 0.2) is 30.6 Å². The fraction of sp³-hybridized carbons (Fsp3) is 0.400. The zero-order chi connectivity index (χ0) is 14.1. The van der Waals surface area contributed by atoms with Gasteiger partial charge in [0.2, 0.25) is 0 Å². The number of carbonyl (C=O) groups excluding carboxylic acids is 2. The van der Waals surface area contributed by atoms with Crippen molar-refractivity contribution in [3.63, 3.8) is 0 Å². The van der Waals surface area contributed by atoms with Crippen LogP contribution in [0, 0.1) is 5.92 Å². The lowest BCUT2D eigenvalue weighted by Crippen LogP contribution is -2.43. The molecule has 5 nitrogen and oxygen atoms in total. The first kappa shape index (κ1) is 12.8. The average molecular weight is 271 g/mol. The average Bonchev–Trinajstić information content (AvgIpc) is 2.91. The second kappa shape index (κ2) is 5.07. The van der Waals surface area contributed by atoms with Gasteiger partial charge in [-0.2, -0.15) is 5.10 Å². The Morgan fingerprint density at radius 3 is 3.10 bits per heavy atom. The predicted octanol–water partition coefficient (Wildman–Crippen LogP) is 1.78. The molecule has 0 aliphatic carbocycles. The van der Waals surface area contributed by atoms with Gasteiger partial charge in [0.25, 0.3) is 5.91 Å². The van der Waals surface area contributed by atoms with Gasteiger partial charge in [-0.15, -0.1) is 0 Å². The number of rotatable bonds is 2. The van der Waals surface area contributed by atoms with E-state index in [9.17, 15) is 9.59 Å². The van der Waals surface area contributed by atoms with E-state index in [4.69, 9.17) is 0 Å². The van der Waals surface area contributed by atoms with Crippen LogP contribution in [-0.2, 0) is 4.79 Å². The molecule has 0 saturated carbocycles. The summed E-state index contributed by atoms with van der Waals surface area (Å²) < 4.78 is 1.69. The number of Topliss-reactive ketones (excluding diaryl/α,β-unsaturated/α-hetero) is 1. The van der Waals surface area contributed by atoms with Crippen LogP contribution in [0.1, 0.15) is 30.1 Å². The third-order valence-corrected chi connectivity index (χ3v) is 3.96. The lowest BCUT2D eigenvalue weighted by molar-refractivity contribution is -0.125. The number of likely N-dealkylation sites (tertiary alicyclic amines) is 1. The topological polar surface area (TPSA) is 54.7 Å². The molecule has 0 spiro atoms. The number of pyridine rings is 1. The summed E-state index contributed by atoms with van der Waals surface area (Å²) in [4.78, 5) is 26.1. The summed E-state index contributed by atoms with van der Waals surface area (Å²) in [5.74, 6) is 0.225. The summed E-state index contributed by atoms with van der Waals surface area (Å²) in [5, 5.41) is 4.19. The van der Waals surface area contributed by atoms with Gasteiger partial charge in [0, 0.05) is 31.6 Å². The molecule has 1 atom stereocenters. The number of amides is 1. The molecule has 0 N–H and O–H groups in total. The molecule has 0 bridgehead atoms. The Morgan fingerprint density at radius 2 is 2.30 bits per heavy atom. The largest absolute Gasteiger partial charge is 0.337 e. The van der Waals surface area contributed by atoms with E-state index in [1.54, 1.807) is 15.6 Å². The number of ketones is 1. The Hall–Kier alpha value is -2.17. The van der Waals surface area contributed by atoms with Gasteiger partial charge in [-0.3, -0.25) is 9.59 Å². The highest BCUT2D eigenvalue weighted by atomic mass is 16.2. The minimum atomic E-state index is -0.0304. The fourth-order valence-corrected chi connectivity index (χ4v) is 2.72. The summed E-state index contributed by atoms with van der Waals surface area (Å²) in [6.07, 6.45) is 4.68. The number of fused-ring (bicyclic) bond motifs is 1. The van der Waals surface area contributed by atoms with Gasteiger partial charge in [-0.05, 0) is 18.6 Å². The van der Waals surface area contributed by atoms with Crippen LogP contribution < -0.4 is 0 Å². The van der Waals surface area contributed by atoms with Gasteiger partial charge in [0.15, 0.2) is 0 Å². The molecule has 2 aromatic heterocycles. The number of hydrogen-bond acceptors (Lipinski definition) is 3. The molecule has 1 unspecified atom stereocenters. The Bertz CT molecular complexity index is 662. The Kier molecular flexibility index (Phi) is 3.26. The smallest absolute Gasteiger partial charge is 0.257 e. The van der Waals surface area contributed by atoms with Crippen molar-refractivity contribution in [1.82, 2.24) is 14.5 Å². The molecular weight excluding hydrogens is 254 g/mol. The molecule has 1 saturated heterocycles. The van der Waals surface area contributed by atoms with E-state index in [0.717, 1.165) is 11.9 Å². The van der Waals surface area contributed by atoms with E-state index in [-0.39, 0.29) is 17.6 Å². The zero-order valence-electron chi connectivity index (χ0n) is 11.5. The van der Waals surface area contributed by atoms with Crippen molar-refractivity contribution in [2.24, 2.45) is 5.92 Å². The monoisotopic (exact) mass is 271 g/mol. The van der Waals surface area contributed by atoms with Crippen LogP contribution in [-0.4, -0.2) is 39.3 Å². The molecule has 20 heavy (non-hydrogen) atoms. The molecule has 2 aromatic rings. The third kappa shape index (κ3) is 2.09. The van der Waals surface area contributed by atoms with E-state index >= 15 is 0 Å². The van der Waals surface area contributed by atoms with Crippen molar-refractivity contribution in [3.8, 4) is 0 Å². The van der Waals surface area contributed by atoms with Crippen molar-refractivity contribution in [1.29, 1.82) is 0 Å². The standard InChI is InChI=1S/C15H17N3O2/c1-2-11-10-17(8-6-14(11)19)15(20)12-9-16-18-7-4-3-5-13(12)18/h3-5,7,9,11H,2,6,8,10H2,1H3. The Labute approximate surface area is 117 Å². The Morgan fingerprint density at radius 1 is 1.45 bits per heavy atom. The van der Waals surface area contributed by atoms with Crippen LogP contribution >= 0.6 is 0 Å². The molecular formula is C15H17N3O2. The number of aromatic nitrogens is 2. The van der Waals surface area contributed by atoms with Crippen LogP contribution in [0.25, 0.3) is 5.52 Å². The lowest BCUT2D eigenvalue weighted by atomic mass is 9.94. The van der Waals surface area contributed by atoms with Crippen LogP contribution in [0.3, 0.4) is 0 Å². The second-order valence-corrected chi connectivity index (χ2v) is 5.16. The number of nitrogens with zero attached hydrogens (tertiary/aromatic N) is 3. The maximum Gasteiger partial charge on any atom is 0.257 e. The van der Waals surface area contributed by atoms with Gasteiger partial charge in [0.1, 0.15) is 5.78 Å². The van der Waals surface area contributed by atoms with Gasteiger partial charge >= 0.3 is 0 Å². The highest BCUT2D eigenvalue weighted by Gasteiger charge is 2.30. The third-order valence-electron chi connectivity index (χ3n) is 3.96. The summed E-state index contributed by atoms with van der Waals surface area (Å²) in [7, 11) is 0. The SMILES string of the molecule is CCC1CN(C(=O)c2cnn3ccccc23)CCC1=O. The number of carbonyl (C=O) groups is 2. The molecule has 1 fully saturated rings. The quantitative estimate of drug-likeness (QED) is 0.836. The predicted molar refractivity (Wildman–Crippen MR) is 74.5 cm³/mol. The molecule has 3 heterocycles. The van der Waals surface area contributed by atoms with Gasteiger partial charge in [-0.25, -0.2) is 4.52 Å². The minimum Gasteiger partial charge on any atom is -0.337 e. The zero-order valence-corrected chi connectivity index (χ0v) is 11.5.